The molecule has 0 bridgehead atoms. The summed E-state index contributed by atoms with van der Waals surface area (Å²) < 4.78 is 51.9. The van der Waals surface area contributed by atoms with Gasteiger partial charge in [-0.1, -0.05) is 12.1 Å². The number of nitriles is 1. The van der Waals surface area contributed by atoms with E-state index in [1.54, 1.807) is 6.07 Å². The summed E-state index contributed by atoms with van der Waals surface area (Å²) >= 11 is 0. The topological polar surface area (TPSA) is 60.2 Å². The average Bonchev–Trinajstić information content (AvgIpc) is 2.62. The zero-order valence-electron chi connectivity index (χ0n) is 13.9. The van der Waals surface area contributed by atoms with E-state index in [1.165, 1.54) is 31.3 Å². The van der Waals surface area contributed by atoms with E-state index < -0.39 is 17.6 Å². The first-order valence-electron chi connectivity index (χ1n) is 7.62. The van der Waals surface area contributed by atoms with Crippen LogP contribution in [0.5, 0.6) is 0 Å². The predicted molar refractivity (Wildman–Crippen MR) is 89.6 cm³/mol. The molecule has 0 aromatic heterocycles. The molecule has 0 fully saturated rings. The Hall–Kier alpha value is -3.08. The van der Waals surface area contributed by atoms with Crippen LogP contribution in [-0.2, 0) is 19.3 Å². The molecule has 0 aliphatic heterocycles. The van der Waals surface area contributed by atoms with Crippen LogP contribution in [0.3, 0.4) is 0 Å². The summed E-state index contributed by atoms with van der Waals surface area (Å²) in [5.41, 5.74) is 0.316. The zero-order valence-corrected chi connectivity index (χ0v) is 13.9. The largest absolute Gasteiger partial charge is 0.416 e. The summed E-state index contributed by atoms with van der Waals surface area (Å²) in [6.07, 6.45) is -4.40. The van der Waals surface area contributed by atoms with Crippen LogP contribution in [0.2, 0.25) is 0 Å². The predicted octanol–water partition coefficient (Wildman–Crippen LogP) is 3.58. The molecule has 0 spiro atoms. The lowest BCUT2D eigenvalue weighted by Gasteiger charge is -2.13. The van der Waals surface area contributed by atoms with Crippen LogP contribution in [0.15, 0.2) is 47.5 Å². The molecule has 0 atom stereocenters. The Balaban J connectivity index is 1.98. The van der Waals surface area contributed by atoms with Gasteiger partial charge in [-0.25, -0.2) is 4.39 Å². The first-order chi connectivity index (χ1) is 12.3. The fourth-order valence-corrected chi connectivity index (χ4v) is 2.22. The zero-order chi connectivity index (χ0) is 19.2. The van der Waals surface area contributed by atoms with Gasteiger partial charge in [0.15, 0.2) is 5.96 Å². The lowest BCUT2D eigenvalue weighted by Crippen LogP contribution is -2.36. The number of nitrogens with zero attached hydrogens (tertiary/aromatic N) is 2. The van der Waals surface area contributed by atoms with Gasteiger partial charge in [0, 0.05) is 25.7 Å². The van der Waals surface area contributed by atoms with E-state index in [4.69, 9.17) is 5.26 Å². The van der Waals surface area contributed by atoms with Gasteiger partial charge in [0.25, 0.3) is 0 Å². The molecule has 26 heavy (non-hydrogen) atoms. The minimum Gasteiger partial charge on any atom is -0.352 e. The highest BCUT2D eigenvalue weighted by Crippen LogP contribution is 2.29. The highest BCUT2D eigenvalue weighted by Gasteiger charge is 2.30. The molecule has 0 saturated carbocycles. The Bertz CT molecular complexity index is 838. The second-order valence-electron chi connectivity index (χ2n) is 5.40. The number of aliphatic imine (C=N–C) groups is 1. The van der Waals surface area contributed by atoms with Crippen LogP contribution in [0, 0.1) is 17.1 Å². The molecule has 0 heterocycles. The van der Waals surface area contributed by atoms with Crippen molar-refractivity contribution < 1.29 is 17.6 Å². The number of hydrogen-bond acceptors (Lipinski definition) is 2. The first-order valence-corrected chi connectivity index (χ1v) is 7.62. The van der Waals surface area contributed by atoms with Gasteiger partial charge in [0.05, 0.1) is 17.2 Å². The van der Waals surface area contributed by atoms with E-state index in [1.807, 2.05) is 6.07 Å². The highest BCUT2D eigenvalue weighted by atomic mass is 19.4. The molecule has 0 amide bonds. The smallest absolute Gasteiger partial charge is 0.352 e. The third-order valence-electron chi connectivity index (χ3n) is 3.56. The third-order valence-corrected chi connectivity index (χ3v) is 3.56. The molecule has 2 aromatic rings. The van der Waals surface area contributed by atoms with Crippen molar-refractivity contribution in [1.82, 2.24) is 10.6 Å². The van der Waals surface area contributed by atoms with Crippen molar-refractivity contribution in [2.75, 3.05) is 7.05 Å². The number of halogens is 4. The standard InChI is InChI=1S/C18H16F4N4/c1-24-17(26-11-14-7-12(9-23)5-6-16(14)19)25-10-13-3-2-4-15(8-13)18(20,21)22/h2-8H,10-11H2,1H3,(H2,24,25,26). The van der Waals surface area contributed by atoms with Crippen LogP contribution in [0.4, 0.5) is 17.6 Å². The average molecular weight is 364 g/mol. The van der Waals surface area contributed by atoms with E-state index in [-0.39, 0.29) is 18.7 Å². The van der Waals surface area contributed by atoms with Crippen LogP contribution in [-0.4, -0.2) is 13.0 Å². The van der Waals surface area contributed by atoms with Crippen LogP contribution >= 0.6 is 0 Å². The molecule has 0 radical (unpaired) electrons. The van der Waals surface area contributed by atoms with Crippen molar-refractivity contribution in [2.45, 2.75) is 19.3 Å². The van der Waals surface area contributed by atoms with Crippen molar-refractivity contribution in [3.8, 4) is 6.07 Å². The lowest BCUT2D eigenvalue weighted by atomic mass is 10.1. The Morgan fingerprint density at radius 2 is 1.85 bits per heavy atom. The normalized spacial score (nSPS) is 11.8. The molecule has 2 N–H and O–H groups in total. The molecule has 0 unspecified atom stereocenters. The molecule has 2 aromatic carbocycles. The second kappa shape index (κ2) is 8.34. The number of rotatable bonds is 4. The maximum atomic E-state index is 13.8. The molecular formula is C18H16F4N4. The number of guanidine groups is 1. The van der Waals surface area contributed by atoms with Gasteiger partial charge in [0.2, 0.25) is 0 Å². The second-order valence-corrected chi connectivity index (χ2v) is 5.40. The summed E-state index contributed by atoms with van der Waals surface area (Å²) in [6.45, 7) is 0.188. The molecule has 0 aliphatic carbocycles. The van der Waals surface area contributed by atoms with E-state index in [2.05, 4.69) is 15.6 Å². The highest BCUT2D eigenvalue weighted by molar-refractivity contribution is 5.79. The maximum absolute atomic E-state index is 13.8. The van der Waals surface area contributed by atoms with Gasteiger partial charge in [-0.05, 0) is 35.9 Å². The van der Waals surface area contributed by atoms with E-state index >= 15 is 0 Å². The summed E-state index contributed by atoms with van der Waals surface area (Å²) in [4.78, 5) is 3.95. The fourth-order valence-electron chi connectivity index (χ4n) is 2.22. The molecule has 4 nitrogen and oxygen atoms in total. The quantitative estimate of drug-likeness (QED) is 0.495. The van der Waals surface area contributed by atoms with Gasteiger partial charge in [-0.3, -0.25) is 4.99 Å². The molecule has 0 aliphatic rings. The van der Waals surface area contributed by atoms with Crippen molar-refractivity contribution in [3.05, 3.63) is 70.5 Å². The van der Waals surface area contributed by atoms with Gasteiger partial charge >= 0.3 is 6.18 Å². The summed E-state index contributed by atoms with van der Waals surface area (Å²) in [7, 11) is 1.49. The van der Waals surface area contributed by atoms with E-state index in [0.29, 0.717) is 17.1 Å². The minimum atomic E-state index is -4.40. The minimum absolute atomic E-state index is 0.0730. The molecule has 136 valence electrons. The van der Waals surface area contributed by atoms with Crippen LogP contribution in [0.1, 0.15) is 22.3 Å². The van der Waals surface area contributed by atoms with E-state index in [0.717, 1.165) is 12.1 Å². The Morgan fingerprint density at radius 3 is 2.50 bits per heavy atom. The van der Waals surface area contributed by atoms with E-state index in [9.17, 15) is 17.6 Å². The Morgan fingerprint density at radius 1 is 1.12 bits per heavy atom. The summed E-state index contributed by atoms with van der Waals surface area (Å²) in [5.74, 6) is -0.172. The lowest BCUT2D eigenvalue weighted by molar-refractivity contribution is -0.137. The van der Waals surface area contributed by atoms with Gasteiger partial charge < -0.3 is 10.6 Å². The fraction of sp³-hybridized carbons (Fsp3) is 0.222. The number of alkyl halides is 3. The summed E-state index contributed by atoms with van der Waals surface area (Å²) in [5, 5.41) is 14.6. The van der Waals surface area contributed by atoms with Gasteiger partial charge in [-0.2, -0.15) is 18.4 Å². The van der Waals surface area contributed by atoms with Gasteiger partial charge in [0.1, 0.15) is 5.82 Å². The van der Waals surface area contributed by atoms with Crippen molar-refractivity contribution >= 4 is 5.96 Å². The van der Waals surface area contributed by atoms with Crippen molar-refractivity contribution in [2.24, 2.45) is 4.99 Å². The molecular weight excluding hydrogens is 348 g/mol. The molecule has 2 rings (SSSR count). The molecule has 8 heteroatoms. The SMILES string of the molecule is CN=C(NCc1cccc(C(F)(F)F)c1)NCc1cc(C#N)ccc1F. The molecule has 0 saturated heterocycles. The Labute approximate surface area is 148 Å². The number of benzene rings is 2. The third kappa shape index (κ3) is 5.21. The van der Waals surface area contributed by atoms with Crippen LogP contribution in [0.25, 0.3) is 0 Å². The van der Waals surface area contributed by atoms with Crippen molar-refractivity contribution in [1.29, 1.82) is 5.26 Å². The van der Waals surface area contributed by atoms with Crippen molar-refractivity contribution in [3.63, 3.8) is 0 Å². The number of nitrogens with one attached hydrogen (secondary N) is 2. The maximum Gasteiger partial charge on any atom is 0.416 e. The first kappa shape index (κ1) is 19.2. The Kier molecular flexibility index (Phi) is 6.17. The number of hydrogen-bond donors (Lipinski definition) is 2. The summed E-state index contributed by atoms with van der Waals surface area (Å²) in [6, 6.07) is 10.9. The monoisotopic (exact) mass is 364 g/mol. The van der Waals surface area contributed by atoms with Gasteiger partial charge in [-0.15, -0.1) is 0 Å². The van der Waals surface area contributed by atoms with Crippen LogP contribution < -0.4 is 10.6 Å².